The van der Waals surface area contributed by atoms with Gasteiger partial charge in [-0.1, -0.05) is 11.6 Å². The summed E-state index contributed by atoms with van der Waals surface area (Å²) in [5, 5.41) is 17.5. The van der Waals surface area contributed by atoms with Crippen LogP contribution in [0, 0.1) is 11.3 Å². The molecule has 1 aliphatic heterocycles. The number of nitrogens with one attached hydrogen (secondary N) is 1. The van der Waals surface area contributed by atoms with E-state index in [2.05, 4.69) is 26.5 Å². The van der Waals surface area contributed by atoms with E-state index in [1.807, 2.05) is 0 Å². The van der Waals surface area contributed by atoms with Gasteiger partial charge in [0.1, 0.15) is 12.4 Å². The number of anilines is 1. The highest BCUT2D eigenvalue weighted by atomic mass is 35.5. The third-order valence-corrected chi connectivity index (χ3v) is 7.85. The first-order chi connectivity index (χ1) is 16.3. The molecule has 0 radical (unpaired) electrons. The average molecular weight is 500 g/mol. The van der Waals surface area contributed by atoms with Crippen LogP contribution in [0.2, 0.25) is 5.02 Å². The average Bonchev–Trinajstić information content (AvgIpc) is 3.34. The Kier molecular flexibility index (Phi) is 6.92. The third-order valence-electron chi connectivity index (χ3n) is 5.67. The number of rotatable bonds is 7. The molecule has 0 atom stereocenters. The van der Waals surface area contributed by atoms with Crippen molar-refractivity contribution in [3.05, 3.63) is 52.9 Å². The van der Waals surface area contributed by atoms with E-state index in [4.69, 9.17) is 11.6 Å². The first-order valence-corrected chi connectivity index (χ1v) is 12.6. The van der Waals surface area contributed by atoms with Gasteiger partial charge in [0.15, 0.2) is 0 Å². The number of aromatic nitrogens is 4. The van der Waals surface area contributed by atoms with Gasteiger partial charge >= 0.3 is 0 Å². The minimum Gasteiger partial charge on any atom is -0.351 e. The van der Waals surface area contributed by atoms with E-state index in [9.17, 15) is 18.5 Å². The van der Waals surface area contributed by atoms with Crippen LogP contribution in [0.3, 0.4) is 0 Å². The summed E-state index contributed by atoms with van der Waals surface area (Å²) in [5.41, 5.74) is 2.34. The Morgan fingerprint density at radius 3 is 2.71 bits per heavy atom. The molecule has 0 spiro atoms. The van der Waals surface area contributed by atoms with Gasteiger partial charge in [-0.3, -0.25) is 4.79 Å². The molecule has 0 amide bonds. The topological polar surface area (TPSA) is 134 Å². The molecule has 4 rings (SSSR count). The van der Waals surface area contributed by atoms with Crippen LogP contribution in [0.25, 0.3) is 16.9 Å². The number of aldehydes is 1. The largest absolute Gasteiger partial charge is 0.351 e. The lowest BCUT2D eigenvalue weighted by molar-refractivity contribution is 0.112. The highest BCUT2D eigenvalue weighted by Gasteiger charge is 2.27. The number of sulfonamides is 1. The van der Waals surface area contributed by atoms with Gasteiger partial charge in [-0.15, -0.1) is 0 Å². The molecule has 0 bridgehead atoms. The zero-order valence-electron chi connectivity index (χ0n) is 18.3. The fourth-order valence-corrected chi connectivity index (χ4v) is 5.16. The molecular weight excluding hydrogens is 478 g/mol. The quantitative estimate of drug-likeness (QED) is 0.490. The second-order valence-corrected chi connectivity index (χ2v) is 10.5. The van der Waals surface area contributed by atoms with E-state index >= 15 is 0 Å². The Hall–Kier alpha value is -3.33. The van der Waals surface area contributed by atoms with Crippen LogP contribution in [0.4, 0.5) is 5.95 Å². The summed E-state index contributed by atoms with van der Waals surface area (Å²) in [4.78, 5) is 19.7. The van der Waals surface area contributed by atoms with Crippen LogP contribution >= 0.6 is 11.6 Å². The van der Waals surface area contributed by atoms with E-state index < -0.39 is 10.0 Å². The Morgan fingerprint density at radius 2 is 2.06 bits per heavy atom. The predicted molar refractivity (Wildman–Crippen MR) is 127 cm³/mol. The maximum atomic E-state index is 12.1. The summed E-state index contributed by atoms with van der Waals surface area (Å²) >= 11 is 6.29. The van der Waals surface area contributed by atoms with Crippen LogP contribution in [0.1, 0.15) is 35.7 Å². The Balaban J connectivity index is 1.54. The van der Waals surface area contributed by atoms with Gasteiger partial charge < -0.3 is 5.32 Å². The highest BCUT2D eigenvalue weighted by molar-refractivity contribution is 7.89. The number of hydrogen-bond donors (Lipinski definition) is 1. The summed E-state index contributed by atoms with van der Waals surface area (Å²) in [5.74, 6) is 0.444. The van der Waals surface area contributed by atoms with E-state index in [0.717, 1.165) is 0 Å². The van der Waals surface area contributed by atoms with Gasteiger partial charge in [-0.25, -0.2) is 27.4 Å². The van der Waals surface area contributed by atoms with Crippen molar-refractivity contribution in [2.24, 2.45) is 0 Å². The van der Waals surface area contributed by atoms with Crippen LogP contribution in [0.5, 0.6) is 0 Å². The molecule has 1 fully saturated rings. The molecule has 3 aromatic rings. The number of carbonyl (C=O) groups is 1. The zero-order chi connectivity index (χ0) is 24.3. The summed E-state index contributed by atoms with van der Waals surface area (Å²) in [6.07, 6.45) is 6.69. The fraction of sp³-hybridized carbons (Fsp3) is 0.318. The molecule has 176 valence electrons. The monoisotopic (exact) mass is 499 g/mol. The number of benzene rings is 1. The molecule has 0 aliphatic carbocycles. The Labute approximate surface area is 202 Å². The first-order valence-electron chi connectivity index (χ1n) is 10.7. The molecule has 0 unspecified atom stereocenters. The number of hydrogen-bond acceptors (Lipinski definition) is 8. The lowest BCUT2D eigenvalue weighted by atomic mass is 10.1. The molecule has 1 N–H and O–H groups in total. The van der Waals surface area contributed by atoms with Crippen LogP contribution in [-0.2, 0) is 10.0 Å². The summed E-state index contributed by atoms with van der Waals surface area (Å²) in [7, 11) is -3.19. The molecule has 12 heteroatoms. The highest BCUT2D eigenvalue weighted by Crippen LogP contribution is 2.26. The van der Waals surface area contributed by atoms with Gasteiger partial charge in [-0.05, 0) is 38.0 Å². The van der Waals surface area contributed by atoms with Crippen molar-refractivity contribution in [2.45, 2.75) is 25.8 Å². The van der Waals surface area contributed by atoms with Crippen molar-refractivity contribution >= 4 is 33.9 Å². The van der Waals surface area contributed by atoms with Gasteiger partial charge in [-0.2, -0.15) is 10.4 Å². The summed E-state index contributed by atoms with van der Waals surface area (Å²) in [6.45, 7) is 2.52. The number of halogens is 1. The molecule has 1 aliphatic rings. The van der Waals surface area contributed by atoms with E-state index in [0.29, 0.717) is 65.7 Å². The minimum atomic E-state index is -3.19. The molecule has 2 aromatic heterocycles. The molecule has 1 aromatic carbocycles. The van der Waals surface area contributed by atoms with Gasteiger partial charge in [0.2, 0.25) is 16.0 Å². The second kappa shape index (κ2) is 9.89. The number of nitriles is 1. The normalized spacial score (nSPS) is 15.1. The summed E-state index contributed by atoms with van der Waals surface area (Å²) < 4.78 is 27.2. The molecular formula is C22H22ClN7O3S. The third kappa shape index (κ3) is 4.94. The van der Waals surface area contributed by atoms with Crippen LogP contribution in [0.15, 0.2) is 36.8 Å². The lowest BCUT2D eigenvalue weighted by Gasteiger charge is -2.31. The second-order valence-electron chi connectivity index (χ2n) is 7.79. The van der Waals surface area contributed by atoms with Crippen molar-refractivity contribution in [1.82, 2.24) is 24.1 Å². The van der Waals surface area contributed by atoms with Crippen molar-refractivity contribution < 1.29 is 13.2 Å². The van der Waals surface area contributed by atoms with Gasteiger partial charge in [0, 0.05) is 36.5 Å². The smallest absolute Gasteiger partial charge is 0.223 e. The molecule has 1 saturated heterocycles. The first kappa shape index (κ1) is 23.8. The zero-order valence-corrected chi connectivity index (χ0v) is 19.9. The Bertz CT molecular complexity index is 1360. The molecule has 34 heavy (non-hydrogen) atoms. The molecule has 10 nitrogen and oxygen atoms in total. The maximum absolute atomic E-state index is 12.1. The minimum absolute atomic E-state index is 0.0157. The van der Waals surface area contributed by atoms with E-state index in [1.165, 1.54) is 10.5 Å². The van der Waals surface area contributed by atoms with Crippen molar-refractivity contribution in [2.75, 3.05) is 24.2 Å². The van der Waals surface area contributed by atoms with Crippen molar-refractivity contribution in [3.63, 3.8) is 0 Å². The predicted octanol–water partition coefficient (Wildman–Crippen LogP) is 2.89. The molecule has 0 saturated carbocycles. The Morgan fingerprint density at radius 1 is 1.29 bits per heavy atom. The van der Waals surface area contributed by atoms with Gasteiger partial charge in [0.05, 0.1) is 40.1 Å². The van der Waals surface area contributed by atoms with Gasteiger partial charge in [0.25, 0.3) is 0 Å². The van der Waals surface area contributed by atoms with Crippen molar-refractivity contribution in [1.29, 1.82) is 5.26 Å². The fourth-order valence-electron chi connectivity index (χ4n) is 3.76. The summed E-state index contributed by atoms with van der Waals surface area (Å²) in [6, 6.07) is 6.99. The van der Waals surface area contributed by atoms with Crippen LogP contribution in [-0.4, -0.2) is 63.6 Å². The lowest BCUT2D eigenvalue weighted by Crippen LogP contribution is -2.43. The maximum Gasteiger partial charge on any atom is 0.223 e. The molecule has 3 heterocycles. The standard InChI is InChI=1S/C22H22ClN7O3S/c1-2-34(32,33)29-7-5-18(6-8-29)27-22-25-11-16(10-24)21(28-22)17-12-26-30(13-17)20-4-3-15(14-31)9-19(20)23/h3-4,9,11-14,18H,2,5-8H2,1H3,(H,25,27,28). The number of carbonyl (C=O) groups excluding carboxylic acids is 1. The van der Waals surface area contributed by atoms with Crippen molar-refractivity contribution in [3.8, 4) is 23.0 Å². The number of piperidine rings is 1. The van der Waals surface area contributed by atoms with Crippen LogP contribution < -0.4 is 5.32 Å². The SMILES string of the molecule is CCS(=O)(=O)N1CCC(Nc2ncc(C#N)c(-c3cnn(-c4ccc(C=O)cc4Cl)c3)n2)CC1. The number of nitrogens with zero attached hydrogens (tertiary/aromatic N) is 6. The van der Waals surface area contributed by atoms with E-state index in [1.54, 1.807) is 42.2 Å². The van der Waals surface area contributed by atoms with E-state index in [-0.39, 0.29) is 17.4 Å².